The van der Waals surface area contributed by atoms with Crippen molar-refractivity contribution in [3.05, 3.63) is 52.0 Å². The number of hydrogen-bond donors (Lipinski definition) is 2. The fourth-order valence-corrected chi connectivity index (χ4v) is 2.58. The molecule has 0 unspecified atom stereocenters. The summed E-state index contributed by atoms with van der Waals surface area (Å²) in [5, 5.41) is 5.15. The maximum atomic E-state index is 13.6. The van der Waals surface area contributed by atoms with Crippen LogP contribution in [0.25, 0.3) is 0 Å². The predicted octanol–water partition coefficient (Wildman–Crippen LogP) is 2.72. The first-order chi connectivity index (χ1) is 8.25. The first kappa shape index (κ1) is 10.3. The van der Waals surface area contributed by atoms with E-state index in [0.29, 0.717) is 11.3 Å². The van der Waals surface area contributed by atoms with Crippen LogP contribution >= 0.6 is 11.3 Å². The van der Waals surface area contributed by atoms with Gasteiger partial charge in [-0.05, 0) is 23.6 Å². The van der Waals surface area contributed by atoms with Crippen molar-refractivity contribution in [3.63, 3.8) is 0 Å². The summed E-state index contributed by atoms with van der Waals surface area (Å²) in [5.74, 6) is -0.101. The summed E-state index contributed by atoms with van der Waals surface area (Å²) in [6.45, 7) is 0. The van der Waals surface area contributed by atoms with Crippen molar-refractivity contribution in [2.75, 3.05) is 5.32 Å². The molecule has 0 saturated heterocycles. The van der Waals surface area contributed by atoms with E-state index in [0.717, 1.165) is 4.88 Å². The molecular weight excluding hydrogens is 237 g/mol. The van der Waals surface area contributed by atoms with Crippen LogP contribution in [-0.2, 0) is 0 Å². The van der Waals surface area contributed by atoms with Gasteiger partial charge < -0.3 is 11.1 Å². The van der Waals surface area contributed by atoms with Gasteiger partial charge in [0.05, 0.1) is 5.56 Å². The van der Waals surface area contributed by atoms with E-state index >= 15 is 0 Å². The van der Waals surface area contributed by atoms with Gasteiger partial charge in [0.25, 0.3) is 0 Å². The molecule has 1 aromatic carbocycles. The Labute approximate surface area is 102 Å². The molecule has 3 rings (SSSR count). The number of nitrogens with zero attached hydrogens (tertiary/aromatic N) is 1. The van der Waals surface area contributed by atoms with Crippen LogP contribution in [0.5, 0.6) is 0 Å². The molecule has 0 radical (unpaired) electrons. The summed E-state index contributed by atoms with van der Waals surface area (Å²) < 4.78 is 13.6. The van der Waals surface area contributed by atoms with Crippen LogP contribution in [0.15, 0.2) is 40.7 Å². The van der Waals surface area contributed by atoms with Crippen LogP contribution in [0.4, 0.5) is 10.1 Å². The highest BCUT2D eigenvalue weighted by Crippen LogP contribution is 2.31. The molecule has 0 saturated carbocycles. The third-order valence-corrected chi connectivity index (χ3v) is 3.57. The number of rotatable bonds is 1. The van der Waals surface area contributed by atoms with E-state index in [1.54, 1.807) is 23.5 Å². The third kappa shape index (κ3) is 1.68. The van der Waals surface area contributed by atoms with Gasteiger partial charge in [-0.3, -0.25) is 0 Å². The zero-order valence-corrected chi connectivity index (χ0v) is 9.67. The van der Waals surface area contributed by atoms with E-state index in [1.165, 1.54) is 6.07 Å². The van der Waals surface area contributed by atoms with Crippen LogP contribution in [0, 0.1) is 5.82 Å². The molecule has 0 bridgehead atoms. The molecule has 2 aromatic rings. The highest BCUT2D eigenvalue weighted by Gasteiger charge is 2.22. The van der Waals surface area contributed by atoms with Crippen molar-refractivity contribution in [1.82, 2.24) is 0 Å². The Balaban J connectivity index is 2.07. The fraction of sp³-hybridized carbons (Fsp3) is 0.0833. The Morgan fingerprint density at radius 2 is 2.18 bits per heavy atom. The zero-order chi connectivity index (χ0) is 11.8. The normalized spacial score (nSPS) is 18.2. The lowest BCUT2D eigenvalue weighted by Crippen LogP contribution is -2.26. The van der Waals surface area contributed by atoms with Gasteiger partial charge in [-0.1, -0.05) is 12.1 Å². The van der Waals surface area contributed by atoms with Crippen molar-refractivity contribution >= 4 is 22.9 Å². The van der Waals surface area contributed by atoms with Gasteiger partial charge in [0.15, 0.2) is 6.17 Å². The summed E-state index contributed by atoms with van der Waals surface area (Å²) in [5.41, 5.74) is 6.87. The van der Waals surface area contributed by atoms with Crippen molar-refractivity contribution in [2.45, 2.75) is 6.17 Å². The minimum atomic E-state index is -0.346. The van der Waals surface area contributed by atoms with Gasteiger partial charge in [0.1, 0.15) is 11.7 Å². The molecule has 17 heavy (non-hydrogen) atoms. The minimum Gasteiger partial charge on any atom is -0.383 e. The van der Waals surface area contributed by atoms with Crippen LogP contribution in [0.1, 0.15) is 16.6 Å². The van der Waals surface area contributed by atoms with Crippen molar-refractivity contribution < 1.29 is 4.39 Å². The monoisotopic (exact) mass is 247 g/mol. The van der Waals surface area contributed by atoms with E-state index in [4.69, 9.17) is 5.73 Å². The molecule has 86 valence electrons. The number of fused-ring (bicyclic) bond motifs is 1. The van der Waals surface area contributed by atoms with Crippen LogP contribution in [-0.4, -0.2) is 5.84 Å². The Bertz CT molecular complexity index is 577. The Kier molecular flexibility index (Phi) is 2.33. The lowest BCUT2D eigenvalue weighted by atomic mass is 10.1. The van der Waals surface area contributed by atoms with Gasteiger partial charge in [-0.15, -0.1) is 11.3 Å². The fourth-order valence-electron chi connectivity index (χ4n) is 1.87. The first-order valence-corrected chi connectivity index (χ1v) is 6.06. The van der Waals surface area contributed by atoms with Crippen LogP contribution in [0.2, 0.25) is 0 Å². The number of halogens is 1. The number of nitrogens with one attached hydrogen (secondary N) is 1. The molecule has 2 heterocycles. The number of hydrogen-bond acceptors (Lipinski definition) is 4. The quantitative estimate of drug-likeness (QED) is 0.814. The van der Waals surface area contributed by atoms with E-state index in [2.05, 4.69) is 10.3 Å². The smallest absolute Gasteiger partial charge is 0.156 e. The molecule has 5 heteroatoms. The number of amidine groups is 1. The number of thiophene rings is 1. The number of benzene rings is 1. The molecule has 0 spiro atoms. The SMILES string of the molecule is NC1=N[C@H](c2cccs2)Nc2cccc(F)c21. The molecule has 0 aliphatic carbocycles. The second-order valence-electron chi connectivity index (χ2n) is 3.74. The Morgan fingerprint density at radius 3 is 2.94 bits per heavy atom. The molecule has 1 aliphatic heterocycles. The standard InChI is InChI=1S/C12H10FN3S/c13-7-3-1-4-8-10(7)11(14)16-12(15-8)9-5-2-6-17-9/h1-6,12,15H,(H2,14,16)/t12-/m1/s1. The lowest BCUT2D eigenvalue weighted by Gasteiger charge is -2.23. The minimum absolute atomic E-state index is 0.218. The topological polar surface area (TPSA) is 50.4 Å². The molecule has 1 aromatic heterocycles. The van der Waals surface area contributed by atoms with Gasteiger partial charge in [-0.25, -0.2) is 9.38 Å². The third-order valence-electron chi connectivity index (χ3n) is 2.64. The van der Waals surface area contributed by atoms with Crippen LogP contribution < -0.4 is 11.1 Å². The van der Waals surface area contributed by atoms with Gasteiger partial charge in [0, 0.05) is 10.6 Å². The summed E-state index contributed by atoms with van der Waals surface area (Å²) in [6.07, 6.45) is -0.218. The van der Waals surface area contributed by atoms with Crippen molar-refractivity contribution in [2.24, 2.45) is 10.7 Å². The van der Waals surface area contributed by atoms with E-state index in [-0.39, 0.29) is 17.8 Å². The number of anilines is 1. The second-order valence-corrected chi connectivity index (χ2v) is 4.72. The van der Waals surface area contributed by atoms with E-state index in [1.807, 2.05) is 17.5 Å². The molecule has 1 atom stereocenters. The largest absolute Gasteiger partial charge is 0.383 e. The van der Waals surface area contributed by atoms with Gasteiger partial charge in [0.2, 0.25) is 0 Å². The average molecular weight is 247 g/mol. The maximum absolute atomic E-state index is 13.6. The maximum Gasteiger partial charge on any atom is 0.156 e. The summed E-state index contributed by atoms with van der Waals surface area (Å²) in [7, 11) is 0. The lowest BCUT2D eigenvalue weighted by molar-refractivity contribution is 0.623. The Morgan fingerprint density at radius 1 is 1.29 bits per heavy atom. The highest BCUT2D eigenvalue weighted by molar-refractivity contribution is 7.10. The molecule has 0 amide bonds. The summed E-state index contributed by atoms with van der Waals surface area (Å²) in [4.78, 5) is 5.34. The van der Waals surface area contributed by atoms with Crippen LogP contribution in [0.3, 0.4) is 0 Å². The number of nitrogens with two attached hydrogens (primary N) is 1. The Hall–Kier alpha value is -1.88. The molecule has 3 N–H and O–H groups in total. The summed E-state index contributed by atoms with van der Waals surface area (Å²) >= 11 is 1.59. The highest BCUT2D eigenvalue weighted by atomic mass is 32.1. The average Bonchev–Trinajstić information content (AvgIpc) is 2.81. The van der Waals surface area contributed by atoms with E-state index in [9.17, 15) is 4.39 Å². The molecular formula is C12H10FN3S. The molecule has 1 aliphatic rings. The molecule has 0 fully saturated rings. The predicted molar refractivity (Wildman–Crippen MR) is 67.8 cm³/mol. The van der Waals surface area contributed by atoms with E-state index < -0.39 is 0 Å². The number of aliphatic imine (C=N–C) groups is 1. The molecule has 3 nitrogen and oxygen atoms in total. The van der Waals surface area contributed by atoms with Crippen molar-refractivity contribution in [1.29, 1.82) is 0 Å². The van der Waals surface area contributed by atoms with Gasteiger partial charge >= 0.3 is 0 Å². The van der Waals surface area contributed by atoms with Gasteiger partial charge in [-0.2, -0.15) is 0 Å². The van der Waals surface area contributed by atoms with Crippen molar-refractivity contribution in [3.8, 4) is 0 Å². The first-order valence-electron chi connectivity index (χ1n) is 5.18. The zero-order valence-electron chi connectivity index (χ0n) is 8.85. The summed E-state index contributed by atoms with van der Waals surface area (Å²) in [6, 6.07) is 8.78. The second kappa shape index (κ2) is 3.85.